The molecule has 7 heteroatoms. The van der Waals surface area contributed by atoms with Crippen molar-refractivity contribution >= 4 is 20.3 Å². The van der Waals surface area contributed by atoms with E-state index in [9.17, 15) is 9.59 Å². The molecule has 0 aromatic heterocycles. The van der Waals surface area contributed by atoms with E-state index in [0.717, 1.165) is 25.7 Å². The Morgan fingerprint density at radius 2 is 2.00 bits per heavy atom. The summed E-state index contributed by atoms with van der Waals surface area (Å²) in [6, 6.07) is 0. The molecule has 1 heterocycles. The normalized spacial score (nSPS) is 40.6. The van der Waals surface area contributed by atoms with E-state index in [0.29, 0.717) is 13.0 Å². The largest absolute Gasteiger partial charge is 0.465 e. The Kier molecular flexibility index (Phi) is 5.74. The maximum absolute atomic E-state index is 13.1. The van der Waals surface area contributed by atoms with Crippen LogP contribution in [-0.2, 0) is 28.2 Å². The number of allylic oxidation sites excluding steroid dienone is 1. The van der Waals surface area contributed by atoms with E-state index >= 15 is 0 Å². The minimum absolute atomic E-state index is 0.0813. The zero-order valence-corrected chi connectivity index (χ0v) is 21.8. The van der Waals surface area contributed by atoms with E-state index in [1.54, 1.807) is 6.92 Å². The maximum atomic E-state index is 13.1. The summed E-state index contributed by atoms with van der Waals surface area (Å²) in [5.41, 5.74) is -3.04. The molecule has 4 aliphatic rings. The van der Waals surface area contributed by atoms with Gasteiger partial charge in [-0.1, -0.05) is 32.9 Å². The van der Waals surface area contributed by atoms with Crippen LogP contribution in [0.15, 0.2) is 12.2 Å². The van der Waals surface area contributed by atoms with Gasteiger partial charge in [-0.3, -0.25) is 9.59 Å². The van der Waals surface area contributed by atoms with Gasteiger partial charge in [-0.25, -0.2) is 0 Å². The van der Waals surface area contributed by atoms with Crippen LogP contribution in [-0.4, -0.2) is 50.8 Å². The lowest BCUT2D eigenvalue weighted by atomic mass is 9.49. The zero-order valence-electron chi connectivity index (χ0n) is 20.8. The molecule has 180 valence electrons. The Bertz CT molecular complexity index is 816. The molecule has 1 aliphatic heterocycles. The molecule has 2 saturated carbocycles. The van der Waals surface area contributed by atoms with E-state index in [1.807, 2.05) is 6.92 Å². The Morgan fingerprint density at radius 3 is 2.66 bits per heavy atom. The summed E-state index contributed by atoms with van der Waals surface area (Å²) in [7, 11) is -1.94. The van der Waals surface area contributed by atoms with E-state index in [-0.39, 0.29) is 29.6 Å². The second kappa shape index (κ2) is 7.67. The van der Waals surface area contributed by atoms with Crippen LogP contribution in [0.1, 0.15) is 66.7 Å². The van der Waals surface area contributed by atoms with Gasteiger partial charge in [0.05, 0.1) is 19.3 Å². The summed E-state index contributed by atoms with van der Waals surface area (Å²) >= 11 is 0. The average Bonchev–Trinajstić information content (AvgIpc) is 2.95. The van der Waals surface area contributed by atoms with Crippen molar-refractivity contribution < 1.29 is 28.2 Å². The predicted molar refractivity (Wildman–Crippen MR) is 124 cm³/mol. The molecule has 3 fully saturated rings. The molecule has 0 spiro atoms. The van der Waals surface area contributed by atoms with Crippen molar-refractivity contribution in [3.63, 3.8) is 0 Å². The molecule has 0 N–H and O–H groups in total. The molecular weight excluding hydrogens is 424 g/mol. The van der Waals surface area contributed by atoms with Gasteiger partial charge in [-0.2, -0.15) is 0 Å². The maximum Gasteiger partial charge on any atom is 0.327 e. The Hall–Kier alpha value is -1.18. The second-order valence-electron chi connectivity index (χ2n) is 11.8. The number of hydrogen-bond donors (Lipinski definition) is 0. The number of esters is 2. The van der Waals surface area contributed by atoms with Crippen molar-refractivity contribution in [2.75, 3.05) is 13.2 Å². The molecule has 0 amide bonds. The highest BCUT2D eigenvalue weighted by Crippen LogP contribution is 2.73. The molecule has 4 rings (SSSR count). The van der Waals surface area contributed by atoms with Gasteiger partial charge in [-0.05, 0) is 70.0 Å². The lowest BCUT2D eigenvalue weighted by molar-refractivity contribution is -0.248. The first kappa shape index (κ1) is 24.0. The fourth-order valence-electron chi connectivity index (χ4n) is 6.29. The molecule has 32 heavy (non-hydrogen) atoms. The Morgan fingerprint density at radius 1 is 1.28 bits per heavy atom. The quantitative estimate of drug-likeness (QED) is 0.234. The Balaban J connectivity index is 1.58. The average molecular weight is 465 g/mol. The van der Waals surface area contributed by atoms with Crippen LogP contribution in [0.5, 0.6) is 0 Å². The van der Waals surface area contributed by atoms with Crippen LogP contribution in [0.2, 0.25) is 18.1 Å². The molecule has 0 radical (unpaired) electrons. The van der Waals surface area contributed by atoms with Crippen LogP contribution in [0.25, 0.3) is 0 Å². The molecular formula is C25H40O6Si. The number of carbonyl (C=O) groups is 2. The van der Waals surface area contributed by atoms with Gasteiger partial charge >= 0.3 is 11.9 Å². The topological polar surface area (TPSA) is 71.1 Å². The molecule has 1 saturated heterocycles. The van der Waals surface area contributed by atoms with Gasteiger partial charge in [0.25, 0.3) is 0 Å². The van der Waals surface area contributed by atoms with E-state index in [2.05, 4.69) is 46.0 Å². The SMILES string of the molecule is CCOC(=O)[C@@]12C[C@H]3CC[C@@](C)(OC1=O)[C@]32OC[C@H]1C=CCC[C@H]1O[Si](C)(C)C(C)(C)C. The van der Waals surface area contributed by atoms with Crippen LogP contribution in [0.3, 0.4) is 0 Å². The number of rotatable bonds is 7. The van der Waals surface area contributed by atoms with Crippen molar-refractivity contribution in [2.24, 2.45) is 17.3 Å². The molecule has 6 nitrogen and oxygen atoms in total. The molecule has 0 bridgehead atoms. The number of carbonyl (C=O) groups excluding carboxylic acids is 2. The van der Waals surface area contributed by atoms with Gasteiger partial charge in [0, 0.05) is 5.92 Å². The van der Waals surface area contributed by atoms with Gasteiger partial charge < -0.3 is 18.6 Å². The lowest BCUT2D eigenvalue weighted by Crippen LogP contribution is -2.72. The molecule has 6 atom stereocenters. The van der Waals surface area contributed by atoms with E-state index in [4.69, 9.17) is 18.6 Å². The van der Waals surface area contributed by atoms with Gasteiger partial charge in [-0.15, -0.1) is 0 Å². The first-order valence-electron chi connectivity index (χ1n) is 12.2. The standard InChI is InChI=1S/C25H40O6Si/c1-8-28-20(26)24-15-18-13-14-23(5,30-21(24)27)25(18,24)29-16-17-11-9-10-12-19(17)31-32(6,7)22(2,3)4/h9,11,17-19H,8,10,12-16H2,1-7H3/t17-,18-,19-,23-,24+,25-/m1/s1. The smallest absolute Gasteiger partial charge is 0.327 e. The lowest BCUT2D eigenvalue weighted by Gasteiger charge is -2.56. The van der Waals surface area contributed by atoms with Crippen molar-refractivity contribution in [3.8, 4) is 0 Å². The fraction of sp³-hybridized carbons (Fsp3) is 0.840. The van der Waals surface area contributed by atoms with Crippen LogP contribution < -0.4 is 0 Å². The summed E-state index contributed by atoms with van der Waals surface area (Å²) in [5.74, 6) is -0.732. The molecule has 0 aromatic carbocycles. The molecule has 3 aliphatic carbocycles. The molecule has 0 aromatic rings. The number of hydrogen-bond acceptors (Lipinski definition) is 6. The van der Waals surface area contributed by atoms with Gasteiger partial charge in [0.15, 0.2) is 13.7 Å². The highest BCUT2D eigenvalue weighted by atomic mass is 28.4. The van der Waals surface area contributed by atoms with Crippen molar-refractivity contribution in [2.45, 2.75) is 102 Å². The van der Waals surface area contributed by atoms with E-state index in [1.165, 1.54) is 0 Å². The van der Waals surface area contributed by atoms with Crippen molar-refractivity contribution in [1.82, 2.24) is 0 Å². The highest BCUT2D eigenvalue weighted by molar-refractivity contribution is 6.74. The van der Waals surface area contributed by atoms with Crippen molar-refractivity contribution in [3.05, 3.63) is 12.2 Å². The third kappa shape index (κ3) is 3.10. The van der Waals surface area contributed by atoms with Crippen LogP contribution in [0, 0.1) is 17.3 Å². The molecule has 0 unspecified atom stereocenters. The third-order valence-corrected chi connectivity index (χ3v) is 13.5. The van der Waals surface area contributed by atoms with Gasteiger partial charge in [0.1, 0.15) is 11.2 Å². The predicted octanol–water partition coefficient (Wildman–Crippen LogP) is 4.78. The monoisotopic (exact) mass is 464 g/mol. The minimum Gasteiger partial charge on any atom is -0.465 e. The number of ether oxygens (including phenoxy) is 3. The minimum atomic E-state index is -1.94. The first-order valence-corrected chi connectivity index (χ1v) is 15.1. The van der Waals surface area contributed by atoms with Crippen molar-refractivity contribution in [1.29, 1.82) is 0 Å². The van der Waals surface area contributed by atoms with Crippen LogP contribution >= 0.6 is 0 Å². The summed E-state index contributed by atoms with van der Waals surface area (Å²) in [6.45, 7) is 15.7. The third-order valence-electron chi connectivity index (χ3n) is 9.04. The summed E-state index contributed by atoms with van der Waals surface area (Å²) in [6.07, 6.45) is 8.51. The van der Waals surface area contributed by atoms with E-state index < -0.39 is 36.9 Å². The van der Waals surface area contributed by atoms with Gasteiger partial charge in [0.2, 0.25) is 0 Å². The summed E-state index contributed by atoms with van der Waals surface area (Å²) in [4.78, 5) is 26.1. The Labute approximate surface area is 193 Å². The second-order valence-corrected chi connectivity index (χ2v) is 16.6. The first-order chi connectivity index (χ1) is 14.8. The highest BCUT2D eigenvalue weighted by Gasteiger charge is 2.89. The van der Waals surface area contributed by atoms with Crippen LogP contribution in [0.4, 0.5) is 0 Å². The fourth-order valence-corrected chi connectivity index (χ4v) is 7.69. The summed E-state index contributed by atoms with van der Waals surface area (Å²) < 4.78 is 24.8. The zero-order chi connectivity index (χ0) is 23.6. The summed E-state index contributed by atoms with van der Waals surface area (Å²) in [5, 5.41) is 0.129.